The molecule has 0 aliphatic carbocycles. The molecule has 0 atom stereocenters. The van der Waals surface area contributed by atoms with Crippen molar-refractivity contribution in [3.63, 3.8) is 0 Å². The number of rotatable bonds is 2. The summed E-state index contributed by atoms with van der Waals surface area (Å²) < 4.78 is 2.69. The molecule has 6 heteroatoms. The Morgan fingerprint density at radius 1 is 1.47 bits per heavy atom. The molecule has 2 aromatic heterocycles. The topological polar surface area (TPSA) is 69.6 Å². The zero-order valence-electron chi connectivity index (χ0n) is 8.18. The lowest BCUT2D eigenvalue weighted by atomic mass is 10.3. The number of aromatic nitrogens is 4. The van der Waals surface area contributed by atoms with Crippen molar-refractivity contribution >= 4 is 21.7 Å². The van der Waals surface area contributed by atoms with Gasteiger partial charge in [0.1, 0.15) is 0 Å². The number of anilines is 1. The van der Waals surface area contributed by atoms with Crippen molar-refractivity contribution in [2.45, 2.75) is 13.5 Å². The molecule has 0 bridgehead atoms. The molecule has 2 heterocycles. The van der Waals surface area contributed by atoms with Crippen LogP contribution in [0.15, 0.2) is 22.8 Å². The number of nitrogen functional groups attached to an aromatic ring is 1. The van der Waals surface area contributed by atoms with Crippen LogP contribution in [0.3, 0.4) is 0 Å². The highest BCUT2D eigenvalue weighted by Crippen LogP contribution is 2.10. The van der Waals surface area contributed by atoms with Crippen LogP contribution in [0, 0.1) is 6.92 Å². The highest BCUT2D eigenvalue weighted by Gasteiger charge is 2.05. The van der Waals surface area contributed by atoms with E-state index >= 15 is 0 Å². The maximum Gasteiger partial charge on any atom is 0.168 e. The fourth-order valence-corrected chi connectivity index (χ4v) is 1.41. The van der Waals surface area contributed by atoms with E-state index in [1.807, 2.05) is 19.1 Å². The molecule has 0 saturated carbocycles. The van der Waals surface area contributed by atoms with Gasteiger partial charge in [-0.1, -0.05) is 5.21 Å². The van der Waals surface area contributed by atoms with Crippen molar-refractivity contribution in [1.29, 1.82) is 0 Å². The third-order valence-corrected chi connectivity index (χ3v) is 2.59. The maximum atomic E-state index is 5.60. The molecule has 0 aliphatic heterocycles. The van der Waals surface area contributed by atoms with Crippen LogP contribution in [-0.4, -0.2) is 20.0 Å². The van der Waals surface area contributed by atoms with Gasteiger partial charge in [-0.25, -0.2) is 4.68 Å². The van der Waals surface area contributed by atoms with E-state index in [0.717, 1.165) is 15.9 Å². The van der Waals surface area contributed by atoms with Crippen molar-refractivity contribution < 1.29 is 0 Å². The molecule has 0 radical (unpaired) electrons. The molecule has 2 aromatic rings. The average molecular weight is 268 g/mol. The first-order valence-corrected chi connectivity index (χ1v) is 5.22. The minimum absolute atomic E-state index is 0.465. The van der Waals surface area contributed by atoms with E-state index in [4.69, 9.17) is 5.73 Å². The highest BCUT2D eigenvalue weighted by atomic mass is 79.9. The standard InChI is InChI=1S/C9H10BrN5/c1-6-9(11)13-14-15(6)5-8-3-2-7(10)4-12-8/h2-4H,5,11H2,1H3. The Kier molecular flexibility index (Phi) is 2.68. The Morgan fingerprint density at radius 2 is 2.27 bits per heavy atom. The monoisotopic (exact) mass is 267 g/mol. The molecule has 0 spiro atoms. The van der Waals surface area contributed by atoms with E-state index in [1.54, 1.807) is 10.9 Å². The van der Waals surface area contributed by atoms with Gasteiger partial charge in [0.2, 0.25) is 0 Å². The lowest BCUT2D eigenvalue weighted by Gasteiger charge is -2.02. The van der Waals surface area contributed by atoms with Crippen LogP contribution in [0.25, 0.3) is 0 Å². The van der Waals surface area contributed by atoms with Gasteiger partial charge >= 0.3 is 0 Å². The van der Waals surface area contributed by atoms with Gasteiger partial charge in [-0.2, -0.15) is 0 Å². The van der Waals surface area contributed by atoms with E-state index in [9.17, 15) is 0 Å². The molecule has 0 fully saturated rings. The summed E-state index contributed by atoms with van der Waals surface area (Å²) in [7, 11) is 0. The van der Waals surface area contributed by atoms with Crippen LogP contribution in [0.2, 0.25) is 0 Å². The minimum Gasteiger partial charge on any atom is -0.381 e. The second kappa shape index (κ2) is 3.98. The molecule has 0 amide bonds. The first-order valence-electron chi connectivity index (χ1n) is 4.43. The first-order chi connectivity index (χ1) is 7.16. The molecule has 0 aromatic carbocycles. The number of nitrogens with two attached hydrogens (primary N) is 1. The molecule has 2 N–H and O–H groups in total. The highest BCUT2D eigenvalue weighted by molar-refractivity contribution is 9.10. The summed E-state index contributed by atoms with van der Waals surface area (Å²) >= 11 is 3.33. The smallest absolute Gasteiger partial charge is 0.168 e. The van der Waals surface area contributed by atoms with E-state index in [2.05, 4.69) is 31.2 Å². The molecule has 15 heavy (non-hydrogen) atoms. The van der Waals surface area contributed by atoms with Gasteiger partial charge in [0.25, 0.3) is 0 Å². The molecule has 78 valence electrons. The Hall–Kier alpha value is -1.43. The summed E-state index contributed by atoms with van der Waals surface area (Å²) in [6, 6.07) is 3.87. The second-order valence-electron chi connectivity index (χ2n) is 3.19. The van der Waals surface area contributed by atoms with Crippen molar-refractivity contribution in [3.8, 4) is 0 Å². The summed E-state index contributed by atoms with van der Waals surface area (Å²) in [5.41, 5.74) is 7.38. The lowest BCUT2D eigenvalue weighted by Crippen LogP contribution is -2.05. The minimum atomic E-state index is 0.465. The largest absolute Gasteiger partial charge is 0.381 e. The van der Waals surface area contributed by atoms with Gasteiger partial charge in [0, 0.05) is 10.7 Å². The number of hydrogen-bond acceptors (Lipinski definition) is 4. The van der Waals surface area contributed by atoms with Gasteiger partial charge in [-0.05, 0) is 35.0 Å². The molecule has 0 saturated heterocycles. The molecule has 0 aliphatic rings. The fraction of sp³-hybridized carbons (Fsp3) is 0.222. The quantitative estimate of drug-likeness (QED) is 0.893. The summed E-state index contributed by atoms with van der Waals surface area (Å²) in [6.07, 6.45) is 1.75. The predicted molar refractivity (Wildman–Crippen MR) is 60.2 cm³/mol. The lowest BCUT2D eigenvalue weighted by molar-refractivity contribution is 0.623. The molecule has 0 unspecified atom stereocenters. The SMILES string of the molecule is Cc1c(N)nnn1Cc1ccc(Br)cn1. The third-order valence-electron chi connectivity index (χ3n) is 2.12. The van der Waals surface area contributed by atoms with Crippen molar-refractivity contribution in [3.05, 3.63) is 34.2 Å². The van der Waals surface area contributed by atoms with Gasteiger partial charge in [-0.3, -0.25) is 4.98 Å². The van der Waals surface area contributed by atoms with Crippen LogP contribution in [0.4, 0.5) is 5.82 Å². The molecule has 2 rings (SSSR count). The van der Waals surface area contributed by atoms with E-state index in [-0.39, 0.29) is 0 Å². The van der Waals surface area contributed by atoms with Crippen LogP contribution in [-0.2, 0) is 6.54 Å². The zero-order chi connectivity index (χ0) is 10.8. The predicted octanol–water partition coefficient (Wildman–Crippen LogP) is 1.37. The van der Waals surface area contributed by atoms with Crippen LogP contribution >= 0.6 is 15.9 Å². The number of pyridine rings is 1. The molecular formula is C9H10BrN5. The summed E-state index contributed by atoms with van der Waals surface area (Å²) in [5.74, 6) is 0.465. The van der Waals surface area contributed by atoms with Crippen LogP contribution < -0.4 is 5.73 Å². The zero-order valence-corrected chi connectivity index (χ0v) is 9.77. The number of nitrogens with zero attached hydrogens (tertiary/aromatic N) is 4. The number of hydrogen-bond donors (Lipinski definition) is 1. The Bertz CT molecular complexity index is 462. The van der Waals surface area contributed by atoms with Crippen molar-refractivity contribution in [2.24, 2.45) is 0 Å². The average Bonchev–Trinajstić information content (AvgIpc) is 2.53. The second-order valence-corrected chi connectivity index (χ2v) is 4.10. The summed E-state index contributed by atoms with van der Waals surface area (Å²) in [5, 5.41) is 7.71. The van der Waals surface area contributed by atoms with Gasteiger partial charge < -0.3 is 5.73 Å². The van der Waals surface area contributed by atoms with Gasteiger partial charge in [0.05, 0.1) is 17.9 Å². The molecule has 5 nitrogen and oxygen atoms in total. The van der Waals surface area contributed by atoms with Crippen molar-refractivity contribution in [1.82, 2.24) is 20.0 Å². The van der Waals surface area contributed by atoms with E-state index in [0.29, 0.717) is 12.4 Å². The van der Waals surface area contributed by atoms with Crippen molar-refractivity contribution in [2.75, 3.05) is 5.73 Å². The normalized spacial score (nSPS) is 10.5. The third kappa shape index (κ3) is 2.15. The fourth-order valence-electron chi connectivity index (χ4n) is 1.18. The Morgan fingerprint density at radius 3 is 2.80 bits per heavy atom. The number of halogens is 1. The Labute approximate surface area is 95.4 Å². The maximum absolute atomic E-state index is 5.60. The first kappa shape index (κ1) is 10.1. The van der Waals surface area contributed by atoms with Gasteiger partial charge in [-0.15, -0.1) is 5.10 Å². The van der Waals surface area contributed by atoms with E-state index < -0.39 is 0 Å². The van der Waals surface area contributed by atoms with E-state index in [1.165, 1.54) is 0 Å². The summed E-state index contributed by atoms with van der Waals surface area (Å²) in [6.45, 7) is 2.47. The van der Waals surface area contributed by atoms with Crippen LogP contribution in [0.1, 0.15) is 11.4 Å². The van der Waals surface area contributed by atoms with Gasteiger partial charge in [0.15, 0.2) is 5.82 Å². The Balaban J connectivity index is 2.22. The summed E-state index contributed by atoms with van der Waals surface area (Å²) in [4.78, 5) is 4.25. The van der Waals surface area contributed by atoms with Crippen LogP contribution in [0.5, 0.6) is 0 Å². The molecular weight excluding hydrogens is 258 g/mol.